The van der Waals surface area contributed by atoms with Crippen LogP contribution < -0.4 is 4.74 Å². The van der Waals surface area contributed by atoms with E-state index in [1.807, 2.05) is 54.8 Å². The molecule has 1 aromatic carbocycles. The molecule has 0 bridgehead atoms. The Hall–Kier alpha value is -2.14. The molecular weight excluding hydrogens is 284 g/mol. The van der Waals surface area contributed by atoms with Gasteiger partial charge in [-0.15, -0.1) is 11.3 Å². The summed E-state index contributed by atoms with van der Waals surface area (Å²) in [6, 6.07) is 7.90. The van der Waals surface area contributed by atoms with Crippen molar-refractivity contribution in [3.05, 3.63) is 41.0 Å². The van der Waals surface area contributed by atoms with Crippen LogP contribution in [0.25, 0.3) is 16.2 Å². The summed E-state index contributed by atoms with van der Waals surface area (Å²) in [6.07, 6.45) is 1.02. The number of rotatable bonds is 4. The molecule has 0 saturated heterocycles. The molecule has 4 nitrogen and oxygen atoms in total. The fourth-order valence-corrected chi connectivity index (χ4v) is 3.25. The summed E-state index contributed by atoms with van der Waals surface area (Å²) >= 11 is 1.54. The zero-order valence-electron chi connectivity index (χ0n) is 12.2. The lowest BCUT2D eigenvalue weighted by molar-refractivity contribution is 0.111. The quantitative estimate of drug-likeness (QED) is 0.685. The molecule has 2 heterocycles. The molecule has 0 atom stereocenters. The van der Waals surface area contributed by atoms with Gasteiger partial charge in [-0.25, -0.2) is 4.98 Å². The van der Waals surface area contributed by atoms with Gasteiger partial charge in [-0.05, 0) is 50.6 Å². The number of hydrogen-bond donors (Lipinski definition) is 0. The molecule has 0 aliphatic carbocycles. The first-order valence-electron chi connectivity index (χ1n) is 6.79. The molecule has 0 amide bonds. The predicted octanol–water partition coefficient (Wildman–Crippen LogP) is 3.97. The summed E-state index contributed by atoms with van der Waals surface area (Å²) in [5.74, 6) is 0.845. The van der Waals surface area contributed by atoms with Crippen LogP contribution in [0.2, 0.25) is 0 Å². The van der Waals surface area contributed by atoms with Crippen molar-refractivity contribution in [1.29, 1.82) is 0 Å². The molecule has 0 fully saturated rings. The Morgan fingerprint density at radius 3 is 2.62 bits per heavy atom. The lowest BCUT2D eigenvalue weighted by Crippen LogP contribution is -2.05. The van der Waals surface area contributed by atoms with Gasteiger partial charge in [0, 0.05) is 5.38 Å². The lowest BCUT2D eigenvalue weighted by atomic mass is 10.1. The summed E-state index contributed by atoms with van der Waals surface area (Å²) in [4.78, 5) is 16.5. The van der Waals surface area contributed by atoms with Crippen molar-refractivity contribution in [1.82, 2.24) is 9.38 Å². The van der Waals surface area contributed by atoms with Crippen molar-refractivity contribution < 1.29 is 9.53 Å². The molecule has 0 unspecified atom stereocenters. The zero-order valence-corrected chi connectivity index (χ0v) is 13.0. The number of aromatic nitrogens is 2. The van der Waals surface area contributed by atoms with Crippen molar-refractivity contribution in [2.75, 3.05) is 0 Å². The molecule has 0 saturated carbocycles. The predicted molar refractivity (Wildman–Crippen MR) is 84.4 cm³/mol. The van der Waals surface area contributed by atoms with Gasteiger partial charge in [0.1, 0.15) is 11.4 Å². The highest BCUT2D eigenvalue weighted by molar-refractivity contribution is 7.15. The number of carbonyl (C=O) groups excluding carboxylic acids is 1. The average Bonchev–Trinajstić information content (AvgIpc) is 2.97. The topological polar surface area (TPSA) is 43.6 Å². The van der Waals surface area contributed by atoms with Gasteiger partial charge < -0.3 is 4.74 Å². The Balaban J connectivity index is 2.06. The summed E-state index contributed by atoms with van der Waals surface area (Å²) in [5.41, 5.74) is 3.40. The molecule has 0 radical (unpaired) electrons. The Kier molecular flexibility index (Phi) is 3.51. The third-order valence-electron chi connectivity index (χ3n) is 3.22. The minimum Gasteiger partial charge on any atom is -0.491 e. The second kappa shape index (κ2) is 5.33. The Morgan fingerprint density at radius 1 is 1.29 bits per heavy atom. The van der Waals surface area contributed by atoms with Gasteiger partial charge in [0.15, 0.2) is 11.2 Å². The van der Waals surface area contributed by atoms with E-state index in [0.717, 1.165) is 33.9 Å². The largest absolute Gasteiger partial charge is 0.491 e. The maximum absolute atomic E-state index is 11.3. The minimum absolute atomic E-state index is 0.154. The van der Waals surface area contributed by atoms with E-state index < -0.39 is 0 Å². The number of hydrogen-bond acceptors (Lipinski definition) is 4. The number of benzene rings is 1. The highest BCUT2D eigenvalue weighted by Crippen LogP contribution is 2.29. The van der Waals surface area contributed by atoms with Crippen LogP contribution in [0.4, 0.5) is 0 Å². The van der Waals surface area contributed by atoms with Crippen LogP contribution in [0.1, 0.15) is 30.0 Å². The van der Waals surface area contributed by atoms with Crippen LogP contribution >= 0.6 is 11.3 Å². The van der Waals surface area contributed by atoms with Gasteiger partial charge in [-0.3, -0.25) is 9.20 Å². The van der Waals surface area contributed by atoms with Gasteiger partial charge in [0.2, 0.25) is 0 Å². The van der Waals surface area contributed by atoms with Gasteiger partial charge in [0.05, 0.1) is 17.5 Å². The fraction of sp³-hybridized carbons (Fsp3) is 0.250. The zero-order chi connectivity index (χ0) is 15.0. The molecule has 21 heavy (non-hydrogen) atoms. The number of thiazole rings is 1. The van der Waals surface area contributed by atoms with Crippen LogP contribution in [0, 0.1) is 6.92 Å². The highest BCUT2D eigenvalue weighted by Gasteiger charge is 2.14. The first-order chi connectivity index (χ1) is 10.1. The first kappa shape index (κ1) is 13.8. The van der Waals surface area contributed by atoms with E-state index in [9.17, 15) is 4.79 Å². The molecule has 3 rings (SSSR count). The van der Waals surface area contributed by atoms with Crippen molar-refractivity contribution in [2.24, 2.45) is 0 Å². The van der Waals surface area contributed by atoms with Gasteiger partial charge in [-0.2, -0.15) is 0 Å². The van der Waals surface area contributed by atoms with Crippen LogP contribution in [-0.2, 0) is 0 Å². The summed E-state index contributed by atoms with van der Waals surface area (Å²) in [7, 11) is 0. The fourth-order valence-electron chi connectivity index (χ4n) is 2.30. The minimum atomic E-state index is 0.154. The maximum Gasteiger partial charge on any atom is 0.194 e. The smallest absolute Gasteiger partial charge is 0.194 e. The number of ether oxygens (including phenoxy) is 1. The lowest BCUT2D eigenvalue weighted by Gasteiger charge is -2.10. The molecule has 2 aromatic heterocycles. The SMILES string of the molecule is Cc1nc2scc(-c3ccc(OC(C)C)cc3)n2c1C=O. The van der Waals surface area contributed by atoms with Crippen molar-refractivity contribution in [3.63, 3.8) is 0 Å². The van der Waals surface area contributed by atoms with Crippen molar-refractivity contribution >= 4 is 22.6 Å². The summed E-state index contributed by atoms with van der Waals surface area (Å²) in [6.45, 7) is 5.86. The van der Waals surface area contributed by atoms with Crippen LogP contribution in [0.3, 0.4) is 0 Å². The Labute approximate surface area is 127 Å². The number of carbonyl (C=O) groups is 1. The van der Waals surface area contributed by atoms with Gasteiger partial charge >= 0.3 is 0 Å². The van der Waals surface area contributed by atoms with Gasteiger partial charge in [-0.1, -0.05) is 0 Å². The third-order valence-corrected chi connectivity index (χ3v) is 4.04. The third kappa shape index (κ3) is 2.45. The second-order valence-corrected chi connectivity index (χ2v) is 5.97. The monoisotopic (exact) mass is 300 g/mol. The molecule has 5 heteroatoms. The molecule has 0 aliphatic rings. The summed E-state index contributed by atoms with van der Waals surface area (Å²) in [5, 5.41) is 2.02. The summed E-state index contributed by atoms with van der Waals surface area (Å²) < 4.78 is 7.56. The van der Waals surface area contributed by atoms with E-state index in [1.165, 1.54) is 11.3 Å². The number of aryl methyl sites for hydroxylation is 1. The van der Waals surface area contributed by atoms with E-state index in [0.29, 0.717) is 5.69 Å². The Bertz CT molecular complexity index is 785. The van der Waals surface area contributed by atoms with Crippen molar-refractivity contribution in [3.8, 4) is 17.0 Å². The molecule has 0 spiro atoms. The maximum atomic E-state index is 11.3. The van der Waals surface area contributed by atoms with E-state index >= 15 is 0 Å². The highest BCUT2D eigenvalue weighted by atomic mass is 32.1. The van der Waals surface area contributed by atoms with E-state index in [1.54, 1.807) is 0 Å². The van der Waals surface area contributed by atoms with Crippen LogP contribution in [0.15, 0.2) is 29.6 Å². The average molecular weight is 300 g/mol. The van der Waals surface area contributed by atoms with Crippen LogP contribution in [-0.4, -0.2) is 21.8 Å². The van der Waals surface area contributed by atoms with E-state index in [2.05, 4.69) is 4.98 Å². The molecular formula is C16H16N2O2S. The molecule has 3 aromatic rings. The standard InChI is InChI=1S/C16H16N2O2S/c1-10(2)20-13-6-4-12(5-7-13)15-9-21-16-17-11(3)14(8-19)18(15)16/h4-10H,1-3H3. The van der Waals surface area contributed by atoms with Crippen molar-refractivity contribution in [2.45, 2.75) is 26.9 Å². The molecule has 108 valence electrons. The second-order valence-electron chi connectivity index (χ2n) is 5.13. The first-order valence-corrected chi connectivity index (χ1v) is 7.67. The van der Waals surface area contributed by atoms with E-state index in [-0.39, 0.29) is 6.10 Å². The van der Waals surface area contributed by atoms with E-state index in [4.69, 9.17) is 4.74 Å². The number of imidazole rings is 1. The van der Waals surface area contributed by atoms with Crippen LogP contribution in [0.5, 0.6) is 5.75 Å². The van der Waals surface area contributed by atoms with Gasteiger partial charge in [0.25, 0.3) is 0 Å². The number of aldehydes is 1. The molecule has 0 aliphatic heterocycles. The number of nitrogens with zero attached hydrogens (tertiary/aromatic N) is 2. The number of fused-ring (bicyclic) bond motifs is 1. The Morgan fingerprint density at radius 2 is 2.00 bits per heavy atom. The normalized spacial score (nSPS) is 11.2. The molecule has 0 N–H and O–H groups in total.